The molecule has 2 aromatic heterocycles. The van der Waals surface area contributed by atoms with Gasteiger partial charge in [0.15, 0.2) is 17.5 Å². The first-order valence-corrected chi connectivity index (χ1v) is 17.0. The van der Waals surface area contributed by atoms with E-state index >= 15 is 0 Å². The summed E-state index contributed by atoms with van der Waals surface area (Å²) in [5.74, 6) is 1.97. The zero-order valence-electron chi connectivity index (χ0n) is 28.1. The lowest BCUT2D eigenvalue weighted by molar-refractivity contribution is 0.299. The van der Waals surface area contributed by atoms with Gasteiger partial charge >= 0.3 is 0 Å². The number of hydrogen-bond acceptors (Lipinski definition) is 3. The predicted octanol–water partition coefficient (Wildman–Crippen LogP) is 11.2. The highest BCUT2D eigenvalue weighted by Gasteiger charge is 2.46. The summed E-state index contributed by atoms with van der Waals surface area (Å²) in [5.41, 5.74) is 11.7. The molecular formula is C45H36N4. The van der Waals surface area contributed by atoms with Crippen molar-refractivity contribution < 1.29 is 0 Å². The van der Waals surface area contributed by atoms with Crippen LogP contribution in [0.2, 0.25) is 0 Å². The van der Waals surface area contributed by atoms with Crippen LogP contribution in [0.3, 0.4) is 0 Å². The Morgan fingerprint density at radius 3 is 1.55 bits per heavy atom. The van der Waals surface area contributed by atoms with E-state index in [1.807, 2.05) is 60.7 Å². The Hall–Kier alpha value is -5.87. The van der Waals surface area contributed by atoms with Crippen LogP contribution in [0.15, 0.2) is 146 Å². The standard InChI is InChI=1S/C45H36N4/c1-44(2)37-21-13-11-19-33(37)35-27-36-34-20-12-14-22-39(34)49(40(36)28-38(35)45(44,3)4)32-25-23-31(24-26-32)43-47-41(29-15-7-5-8-16-29)46-42(48-43)30-17-9-6-10-18-30/h5-28H,1-4H3. The summed E-state index contributed by atoms with van der Waals surface area (Å²) < 4.78 is 2.41. The number of benzene rings is 6. The van der Waals surface area contributed by atoms with Crippen molar-refractivity contribution in [2.75, 3.05) is 0 Å². The smallest absolute Gasteiger partial charge is 0.164 e. The molecular weight excluding hydrogens is 597 g/mol. The molecule has 0 unspecified atom stereocenters. The Balaban J connectivity index is 1.22. The summed E-state index contributed by atoms with van der Waals surface area (Å²) >= 11 is 0. The highest BCUT2D eigenvalue weighted by Crippen LogP contribution is 2.55. The van der Waals surface area contributed by atoms with Crippen molar-refractivity contribution in [2.24, 2.45) is 0 Å². The molecule has 0 saturated heterocycles. The van der Waals surface area contributed by atoms with E-state index in [1.165, 1.54) is 44.1 Å². The SMILES string of the molecule is CC1(C)c2ccccc2-c2cc3c4ccccc4n(-c4ccc(-c5nc(-c6ccccc6)nc(-c6ccccc6)n5)cc4)c3cc2C1(C)C. The highest BCUT2D eigenvalue weighted by atomic mass is 15.0. The molecule has 0 amide bonds. The molecule has 9 rings (SSSR count). The lowest BCUT2D eigenvalue weighted by atomic mass is 9.55. The van der Waals surface area contributed by atoms with Crippen molar-refractivity contribution >= 4 is 21.8 Å². The molecule has 0 fully saturated rings. The summed E-state index contributed by atoms with van der Waals surface area (Å²) in [6.07, 6.45) is 0. The first-order chi connectivity index (χ1) is 23.8. The van der Waals surface area contributed by atoms with Crippen molar-refractivity contribution in [3.05, 3.63) is 157 Å². The molecule has 0 N–H and O–H groups in total. The Morgan fingerprint density at radius 1 is 0.408 bits per heavy atom. The lowest BCUT2D eigenvalue weighted by Crippen LogP contribution is -2.43. The summed E-state index contributed by atoms with van der Waals surface area (Å²) in [6, 6.07) is 51.5. The summed E-state index contributed by atoms with van der Waals surface area (Å²) in [5, 5.41) is 2.52. The van der Waals surface area contributed by atoms with Crippen LogP contribution in [0, 0.1) is 0 Å². The zero-order valence-corrected chi connectivity index (χ0v) is 28.1. The Morgan fingerprint density at radius 2 is 0.918 bits per heavy atom. The van der Waals surface area contributed by atoms with Gasteiger partial charge in [-0.15, -0.1) is 0 Å². The average molecular weight is 633 g/mol. The fourth-order valence-corrected chi connectivity index (χ4v) is 7.67. The van der Waals surface area contributed by atoms with Crippen LogP contribution in [0.1, 0.15) is 38.8 Å². The van der Waals surface area contributed by atoms with Gasteiger partial charge in [0, 0.05) is 33.2 Å². The van der Waals surface area contributed by atoms with Gasteiger partial charge in [0.2, 0.25) is 0 Å². The van der Waals surface area contributed by atoms with Crippen molar-refractivity contribution in [3.8, 4) is 51.0 Å². The van der Waals surface area contributed by atoms with Gasteiger partial charge < -0.3 is 4.57 Å². The minimum Gasteiger partial charge on any atom is -0.309 e. The molecule has 2 heterocycles. The zero-order chi connectivity index (χ0) is 33.3. The maximum atomic E-state index is 4.96. The van der Waals surface area contributed by atoms with Gasteiger partial charge in [0.1, 0.15) is 0 Å². The normalized spacial score (nSPS) is 14.4. The predicted molar refractivity (Wildman–Crippen MR) is 202 cm³/mol. The average Bonchev–Trinajstić information content (AvgIpc) is 3.48. The summed E-state index contributed by atoms with van der Waals surface area (Å²) in [4.78, 5) is 14.8. The number of para-hydroxylation sites is 1. The maximum Gasteiger partial charge on any atom is 0.164 e. The topological polar surface area (TPSA) is 43.6 Å². The molecule has 49 heavy (non-hydrogen) atoms. The molecule has 1 aliphatic carbocycles. The van der Waals surface area contributed by atoms with E-state index in [0.29, 0.717) is 17.5 Å². The molecule has 236 valence electrons. The van der Waals surface area contributed by atoms with Crippen LogP contribution in [0.25, 0.3) is 72.8 Å². The van der Waals surface area contributed by atoms with Crippen molar-refractivity contribution in [3.63, 3.8) is 0 Å². The Bertz CT molecular complexity index is 2470. The van der Waals surface area contributed by atoms with Crippen LogP contribution < -0.4 is 0 Å². The number of aromatic nitrogens is 4. The molecule has 0 spiro atoms. The van der Waals surface area contributed by atoms with Crippen molar-refractivity contribution in [1.29, 1.82) is 0 Å². The molecule has 4 heteroatoms. The third-order valence-corrected chi connectivity index (χ3v) is 11.0. The van der Waals surface area contributed by atoms with E-state index in [2.05, 4.69) is 117 Å². The quantitative estimate of drug-likeness (QED) is 0.194. The van der Waals surface area contributed by atoms with Gasteiger partial charge in [0.05, 0.1) is 11.0 Å². The number of nitrogens with zero attached hydrogens (tertiary/aromatic N) is 4. The van der Waals surface area contributed by atoms with E-state index in [1.54, 1.807) is 0 Å². The molecule has 0 atom stereocenters. The molecule has 1 aliphatic rings. The molecule has 0 radical (unpaired) electrons. The van der Waals surface area contributed by atoms with E-state index in [-0.39, 0.29) is 10.8 Å². The summed E-state index contributed by atoms with van der Waals surface area (Å²) in [7, 11) is 0. The largest absolute Gasteiger partial charge is 0.309 e. The lowest BCUT2D eigenvalue weighted by Gasteiger charge is -2.48. The molecule has 0 bridgehead atoms. The molecule has 6 aromatic carbocycles. The number of fused-ring (bicyclic) bond motifs is 6. The van der Waals surface area contributed by atoms with Crippen LogP contribution in [0.4, 0.5) is 0 Å². The van der Waals surface area contributed by atoms with E-state index in [0.717, 1.165) is 22.4 Å². The first-order valence-electron chi connectivity index (χ1n) is 17.0. The third-order valence-electron chi connectivity index (χ3n) is 11.0. The van der Waals surface area contributed by atoms with E-state index in [9.17, 15) is 0 Å². The van der Waals surface area contributed by atoms with E-state index in [4.69, 9.17) is 15.0 Å². The second-order valence-electron chi connectivity index (χ2n) is 14.1. The third kappa shape index (κ3) is 4.48. The molecule has 0 saturated carbocycles. The Labute approximate surface area is 286 Å². The van der Waals surface area contributed by atoms with E-state index < -0.39 is 0 Å². The van der Waals surface area contributed by atoms with Gasteiger partial charge in [0.25, 0.3) is 0 Å². The second-order valence-corrected chi connectivity index (χ2v) is 14.1. The molecule has 4 nitrogen and oxygen atoms in total. The fourth-order valence-electron chi connectivity index (χ4n) is 7.67. The number of rotatable bonds is 4. The highest BCUT2D eigenvalue weighted by molar-refractivity contribution is 6.11. The molecule has 8 aromatic rings. The minimum atomic E-state index is -0.0817. The second kappa shape index (κ2) is 10.8. The fraction of sp³-hybridized carbons (Fsp3) is 0.133. The Kier molecular flexibility index (Phi) is 6.47. The number of hydrogen-bond donors (Lipinski definition) is 0. The van der Waals surface area contributed by atoms with Crippen LogP contribution >= 0.6 is 0 Å². The summed E-state index contributed by atoms with van der Waals surface area (Å²) in [6.45, 7) is 9.58. The van der Waals surface area contributed by atoms with Crippen molar-refractivity contribution in [1.82, 2.24) is 19.5 Å². The van der Waals surface area contributed by atoms with Crippen molar-refractivity contribution in [2.45, 2.75) is 38.5 Å². The first kappa shape index (κ1) is 29.3. The van der Waals surface area contributed by atoms with Crippen LogP contribution in [-0.4, -0.2) is 19.5 Å². The molecule has 0 aliphatic heterocycles. The monoisotopic (exact) mass is 632 g/mol. The van der Waals surface area contributed by atoms with Gasteiger partial charge in [-0.05, 0) is 75.5 Å². The van der Waals surface area contributed by atoms with Gasteiger partial charge in [-0.1, -0.05) is 131 Å². The van der Waals surface area contributed by atoms with Crippen LogP contribution in [0.5, 0.6) is 0 Å². The van der Waals surface area contributed by atoms with Gasteiger partial charge in [-0.25, -0.2) is 15.0 Å². The van der Waals surface area contributed by atoms with Gasteiger partial charge in [-0.3, -0.25) is 0 Å². The maximum absolute atomic E-state index is 4.96. The van der Waals surface area contributed by atoms with Crippen LogP contribution in [-0.2, 0) is 10.8 Å². The minimum absolute atomic E-state index is 0.0372. The van der Waals surface area contributed by atoms with Gasteiger partial charge in [-0.2, -0.15) is 0 Å².